The highest BCUT2D eigenvalue weighted by Gasteiger charge is 2.31. The number of hydrogen-bond donors (Lipinski definition) is 4. The molecule has 4 N–H and O–H groups in total. The molecule has 156 valence electrons. The Hall–Kier alpha value is -2.84. The lowest BCUT2D eigenvalue weighted by molar-refractivity contribution is -0.932. The van der Waals surface area contributed by atoms with Gasteiger partial charge in [-0.2, -0.15) is 0 Å². The zero-order chi connectivity index (χ0) is 20.5. The lowest BCUT2D eigenvalue weighted by atomic mass is 10.1. The number of rotatable bonds is 8. The molecule has 1 aliphatic rings. The molecule has 1 fully saturated rings. The Morgan fingerprint density at radius 3 is 2.45 bits per heavy atom. The van der Waals surface area contributed by atoms with Gasteiger partial charge in [-0.05, 0) is 30.7 Å². The molecule has 8 heteroatoms. The van der Waals surface area contributed by atoms with E-state index < -0.39 is 11.8 Å². The second-order valence-corrected chi connectivity index (χ2v) is 7.09. The van der Waals surface area contributed by atoms with Crippen LogP contribution in [-0.4, -0.2) is 62.8 Å². The average molecular weight is 401 g/mol. The first-order chi connectivity index (χ1) is 14.2. The van der Waals surface area contributed by atoms with Crippen LogP contribution in [0.5, 0.6) is 0 Å². The molecule has 0 aliphatic carbocycles. The molecule has 1 aromatic heterocycles. The van der Waals surface area contributed by atoms with E-state index in [2.05, 4.69) is 27.7 Å². The first kappa shape index (κ1) is 20.9. The highest BCUT2D eigenvalue weighted by molar-refractivity contribution is 6.35. The van der Waals surface area contributed by atoms with Crippen LogP contribution in [0.25, 0.3) is 0 Å². The fourth-order valence-corrected chi connectivity index (χ4v) is 3.61. The lowest BCUT2D eigenvalue weighted by Gasteiger charge is -2.37. The molecule has 8 nitrogen and oxygen atoms in total. The summed E-state index contributed by atoms with van der Waals surface area (Å²) in [6.45, 7) is 4.19. The van der Waals surface area contributed by atoms with Crippen molar-refractivity contribution in [2.24, 2.45) is 0 Å². The normalized spacial score (nSPS) is 15.7. The zero-order valence-corrected chi connectivity index (χ0v) is 16.5. The number of aliphatic hydroxyl groups is 1. The minimum atomic E-state index is -0.680. The SMILES string of the molecule is O=C(NCCCO)C(=O)NC[C@H](c1ccco1)[NH+]1CCN(c2ccccc2)CC1. The van der Waals surface area contributed by atoms with E-state index in [4.69, 9.17) is 9.52 Å². The van der Waals surface area contributed by atoms with Gasteiger partial charge in [-0.3, -0.25) is 9.59 Å². The molecule has 0 spiro atoms. The number of amides is 2. The maximum atomic E-state index is 12.1. The molecule has 2 aromatic rings. The number of anilines is 1. The summed E-state index contributed by atoms with van der Waals surface area (Å²) in [5.74, 6) is -0.545. The molecule has 0 unspecified atom stereocenters. The van der Waals surface area contributed by atoms with Crippen molar-refractivity contribution in [1.29, 1.82) is 0 Å². The Bertz CT molecular complexity index is 758. The second-order valence-electron chi connectivity index (χ2n) is 7.09. The quantitative estimate of drug-likeness (QED) is 0.348. The number of benzene rings is 1. The van der Waals surface area contributed by atoms with Gasteiger partial charge >= 0.3 is 11.8 Å². The van der Waals surface area contributed by atoms with Crippen LogP contribution < -0.4 is 20.4 Å². The number of carbonyl (C=O) groups excluding carboxylic acids is 2. The molecule has 0 saturated carbocycles. The van der Waals surface area contributed by atoms with Crippen LogP contribution in [0.2, 0.25) is 0 Å². The van der Waals surface area contributed by atoms with Gasteiger partial charge in [-0.1, -0.05) is 18.2 Å². The highest BCUT2D eigenvalue weighted by Crippen LogP contribution is 2.14. The van der Waals surface area contributed by atoms with Crippen LogP contribution in [0.4, 0.5) is 5.69 Å². The summed E-state index contributed by atoms with van der Waals surface area (Å²) in [6, 6.07) is 14.0. The number of furan rings is 1. The van der Waals surface area contributed by atoms with Crippen molar-refractivity contribution in [2.45, 2.75) is 12.5 Å². The summed E-state index contributed by atoms with van der Waals surface area (Å²) in [5, 5.41) is 14.0. The molecular formula is C21H29N4O4+. The van der Waals surface area contributed by atoms with Crippen molar-refractivity contribution in [2.75, 3.05) is 50.8 Å². The van der Waals surface area contributed by atoms with Crippen LogP contribution in [0.3, 0.4) is 0 Å². The smallest absolute Gasteiger partial charge is 0.309 e. The molecule has 1 saturated heterocycles. The number of nitrogens with one attached hydrogen (secondary N) is 3. The van der Waals surface area contributed by atoms with Gasteiger partial charge in [0, 0.05) is 18.8 Å². The van der Waals surface area contributed by atoms with Crippen molar-refractivity contribution < 1.29 is 24.0 Å². The van der Waals surface area contributed by atoms with Crippen LogP contribution in [0.15, 0.2) is 53.1 Å². The Morgan fingerprint density at radius 2 is 1.79 bits per heavy atom. The number of aliphatic hydroxyl groups excluding tert-OH is 1. The van der Waals surface area contributed by atoms with E-state index in [-0.39, 0.29) is 19.2 Å². The number of hydrogen-bond acceptors (Lipinski definition) is 5. The summed E-state index contributed by atoms with van der Waals surface area (Å²) in [7, 11) is 0. The van der Waals surface area contributed by atoms with Crippen molar-refractivity contribution in [3.8, 4) is 0 Å². The van der Waals surface area contributed by atoms with E-state index in [1.165, 1.54) is 10.6 Å². The Kier molecular flexibility index (Phi) is 7.66. The topological polar surface area (TPSA) is 99.2 Å². The maximum absolute atomic E-state index is 12.1. The first-order valence-electron chi connectivity index (χ1n) is 10.0. The summed E-state index contributed by atoms with van der Waals surface area (Å²) >= 11 is 0. The molecule has 1 aromatic carbocycles. The summed E-state index contributed by atoms with van der Waals surface area (Å²) < 4.78 is 5.62. The summed E-state index contributed by atoms with van der Waals surface area (Å²) in [5.41, 5.74) is 1.22. The van der Waals surface area contributed by atoms with Crippen molar-refractivity contribution in [3.05, 3.63) is 54.5 Å². The van der Waals surface area contributed by atoms with Crippen molar-refractivity contribution in [3.63, 3.8) is 0 Å². The Labute approximate surface area is 170 Å². The summed E-state index contributed by atoms with van der Waals surface area (Å²) in [6.07, 6.45) is 2.05. The fourth-order valence-electron chi connectivity index (χ4n) is 3.61. The number of nitrogens with zero attached hydrogens (tertiary/aromatic N) is 1. The van der Waals surface area contributed by atoms with Crippen molar-refractivity contribution in [1.82, 2.24) is 10.6 Å². The molecule has 0 bridgehead atoms. The van der Waals surface area contributed by atoms with Crippen LogP contribution >= 0.6 is 0 Å². The van der Waals surface area contributed by atoms with Crippen LogP contribution in [0.1, 0.15) is 18.2 Å². The van der Waals surface area contributed by atoms with Gasteiger partial charge in [-0.25, -0.2) is 0 Å². The second kappa shape index (κ2) is 10.6. The van der Waals surface area contributed by atoms with E-state index >= 15 is 0 Å². The third-order valence-corrected chi connectivity index (χ3v) is 5.20. The van der Waals surface area contributed by atoms with E-state index in [0.29, 0.717) is 13.0 Å². The van der Waals surface area contributed by atoms with Gasteiger partial charge in [0.15, 0.2) is 11.8 Å². The molecule has 29 heavy (non-hydrogen) atoms. The van der Waals surface area contributed by atoms with E-state index in [0.717, 1.165) is 31.9 Å². The number of quaternary nitrogens is 1. The number of carbonyl (C=O) groups is 2. The number of para-hydroxylation sites is 1. The van der Waals surface area contributed by atoms with Crippen LogP contribution in [0, 0.1) is 0 Å². The molecule has 1 atom stereocenters. The van der Waals surface area contributed by atoms with Gasteiger partial charge in [0.1, 0.15) is 0 Å². The van der Waals surface area contributed by atoms with Crippen molar-refractivity contribution >= 4 is 17.5 Å². The standard InChI is InChI=1S/C21H28N4O4/c26-14-5-9-22-20(27)21(28)23-16-18(19-8-4-15-29-19)25-12-10-24(11-13-25)17-6-2-1-3-7-17/h1-4,6-8,15,18,26H,5,9-14,16H2,(H,22,27)(H,23,28)/p+1/t18-/m1/s1. The molecule has 3 rings (SSSR count). The molecular weight excluding hydrogens is 372 g/mol. The predicted octanol–water partition coefficient (Wildman–Crippen LogP) is -0.659. The zero-order valence-electron chi connectivity index (χ0n) is 16.5. The molecule has 1 aliphatic heterocycles. The Balaban J connectivity index is 1.56. The fraction of sp³-hybridized carbons (Fsp3) is 0.429. The molecule has 2 heterocycles. The average Bonchev–Trinajstić information content (AvgIpc) is 3.29. The minimum Gasteiger partial charge on any atom is -0.463 e. The number of piperazine rings is 1. The van der Waals surface area contributed by atoms with Gasteiger partial charge in [0.25, 0.3) is 0 Å². The van der Waals surface area contributed by atoms with Gasteiger partial charge < -0.3 is 30.0 Å². The summed E-state index contributed by atoms with van der Waals surface area (Å²) in [4.78, 5) is 27.6. The lowest BCUT2D eigenvalue weighted by Crippen LogP contribution is -3.15. The molecule has 0 radical (unpaired) electrons. The van der Waals surface area contributed by atoms with Gasteiger partial charge in [0.05, 0.1) is 39.0 Å². The van der Waals surface area contributed by atoms with Gasteiger partial charge in [-0.15, -0.1) is 0 Å². The monoisotopic (exact) mass is 401 g/mol. The maximum Gasteiger partial charge on any atom is 0.309 e. The third kappa shape index (κ3) is 5.82. The van der Waals surface area contributed by atoms with E-state index in [9.17, 15) is 9.59 Å². The highest BCUT2D eigenvalue weighted by atomic mass is 16.3. The largest absolute Gasteiger partial charge is 0.463 e. The Morgan fingerprint density at radius 1 is 1.07 bits per heavy atom. The minimum absolute atomic E-state index is 0.0270. The molecule has 2 amide bonds. The van der Waals surface area contributed by atoms with E-state index in [1.807, 2.05) is 30.3 Å². The van der Waals surface area contributed by atoms with Crippen LogP contribution in [-0.2, 0) is 9.59 Å². The third-order valence-electron chi connectivity index (χ3n) is 5.20. The van der Waals surface area contributed by atoms with Gasteiger partial charge in [0.2, 0.25) is 0 Å². The predicted molar refractivity (Wildman–Crippen MR) is 109 cm³/mol. The van der Waals surface area contributed by atoms with E-state index in [1.54, 1.807) is 6.26 Å². The first-order valence-corrected chi connectivity index (χ1v) is 10.0.